The second-order valence-electron chi connectivity index (χ2n) is 4.51. The maximum Gasteiger partial charge on any atom is 0.143 e. The zero-order valence-electron chi connectivity index (χ0n) is 8.60. The molecule has 15 heavy (non-hydrogen) atoms. The van der Waals surface area contributed by atoms with Gasteiger partial charge in [0.25, 0.3) is 0 Å². The number of hydrogen-bond acceptors (Lipinski definition) is 1. The number of carbonyl (C=O) groups excluding carboxylic acids is 1. The van der Waals surface area contributed by atoms with Crippen molar-refractivity contribution in [2.75, 3.05) is 0 Å². The molecule has 1 nitrogen and oxygen atoms in total. The molecule has 0 aromatic heterocycles. The van der Waals surface area contributed by atoms with Gasteiger partial charge < -0.3 is 0 Å². The number of Topliss-reactive ketones (excluding diaryl/α,β-unsaturated/α-hetero) is 1. The first-order chi connectivity index (χ1) is 7.36. The fourth-order valence-corrected chi connectivity index (χ4v) is 2.87. The molecule has 1 fully saturated rings. The van der Waals surface area contributed by atoms with Crippen molar-refractivity contribution < 1.29 is 4.79 Å². The van der Waals surface area contributed by atoms with E-state index >= 15 is 0 Å². The van der Waals surface area contributed by atoms with Gasteiger partial charge in [0, 0.05) is 17.8 Å². The molecule has 0 amide bonds. The summed E-state index contributed by atoms with van der Waals surface area (Å²) in [4.78, 5) is 11.9. The molecule has 0 saturated heterocycles. The van der Waals surface area contributed by atoms with Gasteiger partial charge in [0.2, 0.25) is 0 Å². The van der Waals surface area contributed by atoms with E-state index in [1.54, 1.807) is 0 Å². The van der Waals surface area contributed by atoms with E-state index in [4.69, 9.17) is 0 Å². The summed E-state index contributed by atoms with van der Waals surface area (Å²) in [5.41, 5.74) is 1.28. The summed E-state index contributed by atoms with van der Waals surface area (Å²) in [5.74, 6) is 1.28. The van der Waals surface area contributed by atoms with Crippen molar-refractivity contribution in [3.05, 3.63) is 48.0 Å². The van der Waals surface area contributed by atoms with Gasteiger partial charge in [0.1, 0.15) is 5.78 Å². The third-order valence-corrected chi connectivity index (χ3v) is 3.69. The quantitative estimate of drug-likeness (QED) is 0.634. The van der Waals surface area contributed by atoms with Crippen LogP contribution < -0.4 is 0 Å². The Morgan fingerprint density at radius 3 is 2.60 bits per heavy atom. The van der Waals surface area contributed by atoms with Crippen LogP contribution in [0.4, 0.5) is 0 Å². The van der Waals surface area contributed by atoms with Crippen LogP contribution in [0.25, 0.3) is 0 Å². The Morgan fingerprint density at radius 2 is 1.80 bits per heavy atom. The van der Waals surface area contributed by atoms with Gasteiger partial charge in [0.15, 0.2) is 0 Å². The molecule has 3 rings (SSSR count). The lowest BCUT2D eigenvalue weighted by Gasteiger charge is -2.23. The minimum Gasteiger partial charge on any atom is -0.299 e. The second-order valence-corrected chi connectivity index (χ2v) is 4.51. The molecule has 0 radical (unpaired) electrons. The van der Waals surface area contributed by atoms with Gasteiger partial charge in [-0.25, -0.2) is 0 Å². The number of benzene rings is 1. The maximum absolute atomic E-state index is 11.9. The molecule has 1 aromatic carbocycles. The van der Waals surface area contributed by atoms with Crippen LogP contribution in [0.1, 0.15) is 24.3 Å². The van der Waals surface area contributed by atoms with E-state index in [0.29, 0.717) is 11.7 Å². The van der Waals surface area contributed by atoms with Crippen LogP contribution in [-0.2, 0) is 4.79 Å². The Kier molecular flexibility index (Phi) is 1.98. The number of carbonyl (C=O) groups is 1. The molecule has 0 unspecified atom stereocenters. The lowest BCUT2D eigenvalue weighted by Crippen LogP contribution is -2.22. The highest BCUT2D eigenvalue weighted by atomic mass is 16.1. The van der Waals surface area contributed by atoms with E-state index in [0.717, 1.165) is 12.8 Å². The van der Waals surface area contributed by atoms with Crippen LogP contribution in [0, 0.1) is 11.8 Å². The van der Waals surface area contributed by atoms with Crippen LogP contribution in [0.2, 0.25) is 0 Å². The molecule has 0 heterocycles. The molecule has 2 aliphatic carbocycles. The molecule has 1 heteroatoms. The van der Waals surface area contributed by atoms with E-state index in [2.05, 4.69) is 36.4 Å². The lowest BCUT2D eigenvalue weighted by atomic mass is 9.80. The van der Waals surface area contributed by atoms with Crippen molar-refractivity contribution in [3.8, 4) is 0 Å². The fourth-order valence-electron chi connectivity index (χ4n) is 2.87. The molecule has 2 aliphatic rings. The summed E-state index contributed by atoms with van der Waals surface area (Å²) < 4.78 is 0. The maximum atomic E-state index is 11.9. The monoisotopic (exact) mass is 198 g/mol. The fraction of sp³-hybridized carbons (Fsp3) is 0.357. The average molecular weight is 198 g/mol. The summed E-state index contributed by atoms with van der Waals surface area (Å²) in [6.07, 6.45) is 6.47. The van der Waals surface area contributed by atoms with Crippen LogP contribution in [-0.4, -0.2) is 5.78 Å². The highest BCUT2D eigenvalue weighted by Gasteiger charge is 2.40. The normalized spacial score (nSPS) is 33.3. The van der Waals surface area contributed by atoms with Crippen LogP contribution in [0.15, 0.2) is 42.5 Å². The van der Waals surface area contributed by atoms with Crippen molar-refractivity contribution in [1.82, 2.24) is 0 Å². The second kappa shape index (κ2) is 3.34. The molecule has 2 bridgehead atoms. The van der Waals surface area contributed by atoms with Crippen molar-refractivity contribution in [2.24, 2.45) is 11.8 Å². The molecule has 0 N–H and O–H groups in total. The zero-order chi connectivity index (χ0) is 10.3. The number of hydrogen-bond donors (Lipinski definition) is 0. The Morgan fingerprint density at radius 1 is 1.00 bits per heavy atom. The topological polar surface area (TPSA) is 17.1 Å². The standard InChI is InChI=1S/C14H14O/c15-14-11-6-8-12(13(14)9-7-11)10-4-2-1-3-5-10/h1-6,8,11-13H,7,9H2/t11-,12+,13-/m1/s1. The minimum absolute atomic E-state index is 0.231. The van der Waals surface area contributed by atoms with Gasteiger partial charge in [0.05, 0.1) is 0 Å². The third-order valence-electron chi connectivity index (χ3n) is 3.69. The average Bonchev–Trinajstić information content (AvgIpc) is 2.54. The summed E-state index contributed by atoms with van der Waals surface area (Å²) >= 11 is 0. The van der Waals surface area contributed by atoms with Crippen molar-refractivity contribution in [2.45, 2.75) is 18.8 Å². The smallest absolute Gasteiger partial charge is 0.143 e. The summed E-state index contributed by atoms with van der Waals surface area (Å²) in [6, 6.07) is 10.4. The Hall–Kier alpha value is -1.37. The van der Waals surface area contributed by atoms with Crippen molar-refractivity contribution >= 4 is 5.78 Å². The van der Waals surface area contributed by atoms with E-state index in [-0.39, 0.29) is 11.8 Å². The molecular weight excluding hydrogens is 184 g/mol. The molecule has 1 aromatic rings. The van der Waals surface area contributed by atoms with Crippen LogP contribution in [0.3, 0.4) is 0 Å². The summed E-state index contributed by atoms with van der Waals surface area (Å²) in [6.45, 7) is 0. The van der Waals surface area contributed by atoms with Crippen LogP contribution in [0.5, 0.6) is 0 Å². The molecule has 3 atom stereocenters. The highest BCUT2D eigenvalue weighted by molar-refractivity contribution is 5.89. The third kappa shape index (κ3) is 1.34. The van der Waals surface area contributed by atoms with Crippen LogP contribution >= 0.6 is 0 Å². The number of ketones is 1. The van der Waals surface area contributed by atoms with Gasteiger partial charge in [-0.3, -0.25) is 4.79 Å². The SMILES string of the molecule is O=C1[C@@H]2C=C[C@@H](c3ccccc3)[C@H]1CC2. The van der Waals surface area contributed by atoms with Crippen molar-refractivity contribution in [1.29, 1.82) is 0 Å². The Labute approximate surface area is 89.8 Å². The summed E-state index contributed by atoms with van der Waals surface area (Å²) in [7, 11) is 0. The summed E-state index contributed by atoms with van der Waals surface area (Å²) in [5, 5.41) is 0. The predicted molar refractivity (Wildman–Crippen MR) is 59.5 cm³/mol. The van der Waals surface area contributed by atoms with Gasteiger partial charge >= 0.3 is 0 Å². The van der Waals surface area contributed by atoms with Crippen molar-refractivity contribution in [3.63, 3.8) is 0 Å². The first-order valence-electron chi connectivity index (χ1n) is 5.63. The Bertz CT molecular complexity index is 405. The van der Waals surface area contributed by atoms with Gasteiger partial charge in [-0.1, -0.05) is 42.5 Å². The van der Waals surface area contributed by atoms with E-state index in [1.165, 1.54) is 5.56 Å². The lowest BCUT2D eigenvalue weighted by molar-refractivity contribution is -0.123. The zero-order valence-corrected chi connectivity index (χ0v) is 8.60. The molecule has 0 aliphatic heterocycles. The molecule has 76 valence electrons. The van der Waals surface area contributed by atoms with E-state index in [1.807, 2.05) is 6.07 Å². The first-order valence-corrected chi connectivity index (χ1v) is 5.63. The number of allylic oxidation sites excluding steroid dienone is 2. The largest absolute Gasteiger partial charge is 0.299 e. The van der Waals surface area contributed by atoms with E-state index < -0.39 is 0 Å². The van der Waals surface area contributed by atoms with Gasteiger partial charge in [-0.2, -0.15) is 0 Å². The number of fused-ring (bicyclic) bond motifs is 2. The molecule has 0 spiro atoms. The van der Waals surface area contributed by atoms with Gasteiger partial charge in [-0.05, 0) is 18.4 Å². The predicted octanol–water partition coefficient (Wildman–Crippen LogP) is 2.94. The minimum atomic E-state index is 0.231. The van der Waals surface area contributed by atoms with E-state index in [9.17, 15) is 4.79 Å². The highest BCUT2D eigenvalue weighted by Crippen LogP contribution is 2.43. The Balaban J connectivity index is 1.98. The first kappa shape index (κ1) is 8.90. The molecular formula is C14H14O. The number of rotatable bonds is 1. The van der Waals surface area contributed by atoms with Gasteiger partial charge in [-0.15, -0.1) is 0 Å². The molecule has 1 saturated carbocycles.